The highest BCUT2D eigenvalue weighted by Gasteiger charge is 2.31. The Morgan fingerprint density at radius 3 is 2.66 bits per heavy atom. The van der Waals surface area contributed by atoms with Gasteiger partial charge in [-0.05, 0) is 31.9 Å². The van der Waals surface area contributed by atoms with Gasteiger partial charge < -0.3 is 9.80 Å². The molecule has 2 fully saturated rings. The molecule has 29 heavy (non-hydrogen) atoms. The van der Waals surface area contributed by atoms with Crippen LogP contribution in [0.25, 0.3) is 0 Å². The Morgan fingerprint density at radius 1 is 1.17 bits per heavy atom. The van der Waals surface area contributed by atoms with E-state index < -0.39 is 0 Å². The van der Waals surface area contributed by atoms with Crippen LogP contribution in [0.1, 0.15) is 42.6 Å². The molecule has 1 atom stereocenters. The van der Waals surface area contributed by atoms with Crippen molar-refractivity contribution in [2.75, 3.05) is 36.8 Å². The zero-order chi connectivity index (χ0) is 20.0. The van der Waals surface area contributed by atoms with E-state index in [0.29, 0.717) is 25.4 Å². The largest absolute Gasteiger partial charge is 0.352 e. The summed E-state index contributed by atoms with van der Waals surface area (Å²) < 4.78 is 1.68. The van der Waals surface area contributed by atoms with Crippen LogP contribution in [0.3, 0.4) is 0 Å². The van der Waals surface area contributed by atoms with Gasteiger partial charge in [-0.15, -0.1) is 5.10 Å². The lowest BCUT2D eigenvalue weighted by Gasteiger charge is -2.35. The highest BCUT2D eigenvalue weighted by Crippen LogP contribution is 2.38. The number of carbonyl (C=O) groups excluding carboxylic acids is 1. The average Bonchev–Trinajstić information content (AvgIpc) is 3.50. The molecular weight excluding hydrogens is 388 g/mol. The topological polar surface area (TPSA) is 84.2 Å². The molecule has 0 spiro atoms. The van der Waals surface area contributed by atoms with E-state index in [4.69, 9.17) is 0 Å². The standard InChI is InChI=1S/C20H24N6O2S/c1-13-10-19(28)26-15(12-29-20(26)21-13)11-18(27)25-8-6-24(7-9-25)17-5-4-16(22-23-17)14-2-3-14/h4-5,10,14-15H,2-3,6-9,11-12H2,1H3/t15-/m1/s1. The van der Waals surface area contributed by atoms with E-state index in [1.54, 1.807) is 22.4 Å². The summed E-state index contributed by atoms with van der Waals surface area (Å²) in [6, 6.07) is 5.56. The van der Waals surface area contributed by atoms with Crippen LogP contribution in [0.15, 0.2) is 28.2 Å². The summed E-state index contributed by atoms with van der Waals surface area (Å²) >= 11 is 1.56. The number of piperazine rings is 1. The third kappa shape index (κ3) is 3.75. The fourth-order valence-corrected chi connectivity index (χ4v) is 5.22. The normalized spacial score (nSPS) is 21.3. The molecule has 1 saturated carbocycles. The fourth-order valence-electron chi connectivity index (χ4n) is 4.03. The van der Waals surface area contributed by atoms with Crippen molar-refractivity contribution >= 4 is 23.5 Å². The van der Waals surface area contributed by atoms with Crippen LogP contribution in [0.2, 0.25) is 0 Å². The van der Waals surface area contributed by atoms with Crippen molar-refractivity contribution in [2.24, 2.45) is 0 Å². The Hall–Kier alpha value is -2.42. The minimum Gasteiger partial charge on any atom is -0.352 e. The van der Waals surface area contributed by atoms with E-state index in [1.807, 2.05) is 17.9 Å². The molecule has 9 heteroatoms. The van der Waals surface area contributed by atoms with Crippen LogP contribution in [-0.2, 0) is 4.79 Å². The molecule has 2 aromatic heterocycles. The molecule has 5 rings (SSSR count). The first kappa shape index (κ1) is 18.6. The first-order chi connectivity index (χ1) is 14.1. The van der Waals surface area contributed by atoms with Crippen LogP contribution < -0.4 is 10.5 Å². The van der Waals surface area contributed by atoms with E-state index in [2.05, 4.69) is 26.1 Å². The number of hydrogen-bond donors (Lipinski definition) is 0. The van der Waals surface area contributed by atoms with Gasteiger partial charge in [0.2, 0.25) is 5.91 Å². The summed E-state index contributed by atoms with van der Waals surface area (Å²) in [6.45, 7) is 4.65. The minimum absolute atomic E-state index is 0.0617. The van der Waals surface area contributed by atoms with Crippen LogP contribution in [0.4, 0.5) is 5.82 Å². The predicted molar refractivity (Wildman–Crippen MR) is 110 cm³/mol. The molecule has 2 aliphatic heterocycles. The lowest BCUT2D eigenvalue weighted by molar-refractivity contribution is -0.132. The molecule has 0 bridgehead atoms. The van der Waals surface area contributed by atoms with E-state index >= 15 is 0 Å². The van der Waals surface area contributed by atoms with Crippen molar-refractivity contribution in [3.8, 4) is 0 Å². The number of nitrogens with zero attached hydrogens (tertiary/aromatic N) is 6. The Balaban J connectivity index is 1.19. The molecule has 0 N–H and O–H groups in total. The number of carbonyl (C=O) groups is 1. The summed E-state index contributed by atoms with van der Waals surface area (Å²) in [6.07, 6.45) is 2.79. The third-order valence-electron chi connectivity index (χ3n) is 5.85. The zero-order valence-corrected chi connectivity index (χ0v) is 17.3. The van der Waals surface area contributed by atoms with E-state index in [1.165, 1.54) is 12.8 Å². The minimum atomic E-state index is -0.109. The van der Waals surface area contributed by atoms with E-state index in [9.17, 15) is 9.59 Å². The number of aryl methyl sites for hydroxylation is 1. The van der Waals surface area contributed by atoms with Gasteiger partial charge in [-0.25, -0.2) is 4.98 Å². The van der Waals surface area contributed by atoms with Gasteiger partial charge in [0.05, 0.1) is 11.7 Å². The third-order valence-corrected chi connectivity index (χ3v) is 6.95. The first-order valence-corrected chi connectivity index (χ1v) is 11.2. The van der Waals surface area contributed by atoms with Gasteiger partial charge in [0, 0.05) is 56.0 Å². The second kappa shape index (κ2) is 7.44. The van der Waals surface area contributed by atoms with Crippen molar-refractivity contribution in [1.29, 1.82) is 0 Å². The SMILES string of the molecule is Cc1cc(=O)n2c(n1)SC[C@H]2CC(=O)N1CCN(c2ccc(C3CC3)nn2)CC1. The van der Waals surface area contributed by atoms with Gasteiger partial charge in [0.15, 0.2) is 11.0 Å². The predicted octanol–water partition coefficient (Wildman–Crippen LogP) is 1.60. The smallest absolute Gasteiger partial charge is 0.254 e. The monoisotopic (exact) mass is 412 g/mol. The van der Waals surface area contributed by atoms with Gasteiger partial charge in [0.1, 0.15) is 0 Å². The second-order valence-corrected chi connectivity index (χ2v) is 9.00. The molecular formula is C20H24N6O2S. The molecule has 1 saturated heterocycles. The van der Waals surface area contributed by atoms with Crippen LogP contribution in [0, 0.1) is 6.92 Å². The fraction of sp³-hybridized carbons (Fsp3) is 0.550. The Bertz CT molecular complexity index is 979. The van der Waals surface area contributed by atoms with Gasteiger partial charge >= 0.3 is 0 Å². The van der Waals surface area contributed by atoms with Gasteiger partial charge in [-0.3, -0.25) is 14.2 Å². The van der Waals surface area contributed by atoms with Gasteiger partial charge in [-0.2, -0.15) is 5.10 Å². The molecule has 0 aromatic carbocycles. The maximum absolute atomic E-state index is 12.8. The van der Waals surface area contributed by atoms with E-state index in [0.717, 1.165) is 41.2 Å². The van der Waals surface area contributed by atoms with Crippen LogP contribution >= 0.6 is 11.8 Å². The molecule has 3 aliphatic rings. The Kier molecular flexibility index (Phi) is 4.77. The van der Waals surface area contributed by atoms with Crippen molar-refractivity contribution in [1.82, 2.24) is 24.6 Å². The number of fused-ring (bicyclic) bond motifs is 1. The van der Waals surface area contributed by atoms with Crippen LogP contribution in [0.5, 0.6) is 0 Å². The molecule has 0 unspecified atom stereocenters. The van der Waals surface area contributed by atoms with Gasteiger partial charge in [-0.1, -0.05) is 11.8 Å². The quantitative estimate of drug-likeness (QED) is 0.705. The van der Waals surface area contributed by atoms with Crippen LogP contribution in [-0.4, -0.2) is 62.5 Å². The maximum atomic E-state index is 12.8. The summed E-state index contributed by atoms with van der Waals surface area (Å²) in [5.41, 5.74) is 1.76. The Labute approximate surface area is 173 Å². The number of thioether (sulfide) groups is 1. The van der Waals surface area contributed by atoms with Gasteiger partial charge in [0.25, 0.3) is 5.56 Å². The average molecular weight is 413 g/mol. The zero-order valence-electron chi connectivity index (χ0n) is 16.5. The lowest BCUT2D eigenvalue weighted by Crippen LogP contribution is -2.49. The summed E-state index contributed by atoms with van der Waals surface area (Å²) in [4.78, 5) is 33.7. The molecule has 8 nitrogen and oxygen atoms in total. The first-order valence-electron chi connectivity index (χ1n) is 10.2. The second-order valence-electron chi connectivity index (χ2n) is 8.02. The summed E-state index contributed by atoms with van der Waals surface area (Å²) in [5.74, 6) is 2.32. The number of aromatic nitrogens is 4. The molecule has 2 aromatic rings. The number of anilines is 1. The molecule has 152 valence electrons. The van der Waals surface area contributed by atoms with Crippen molar-refractivity contribution < 1.29 is 4.79 Å². The number of rotatable bonds is 4. The maximum Gasteiger partial charge on any atom is 0.254 e. The lowest BCUT2D eigenvalue weighted by atomic mass is 10.2. The van der Waals surface area contributed by atoms with Crippen molar-refractivity contribution in [3.63, 3.8) is 0 Å². The molecule has 0 radical (unpaired) electrons. The molecule has 4 heterocycles. The van der Waals surface area contributed by atoms with E-state index in [-0.39, 0.29) is 17.5 Å². The molecule has 1 amide bonds. The van der Waals surface area contributed by atoms with Crippen molar-refractivity contribution in [3.05, 3.63) is 39.9 Å². The highest BCUT2D eigenvalue weighted by atomic mass is 32.2. The summed E-state index contributed by atoms with van der Waals surface area (Å²) in [7, 11) is 0. The number of hydrogen-bond acceptors (Lipinski definition) is 7. The van der Waals surface area contributed by atoms with Crippen molar-refractivity contribution in [2.45, 2.75) is 43.3 Å². The Morgan fingerprint density at radius 2 is 1.97 bits per heavy atom. The summed E-state index contributed by atoms with van der Waals surface area (Å²) in [5, 5.41) is 9.47. The number of amides is 1. The highest BCUT2D eigenvalue weighted by molar-refractivity contribution is 7.99. The molecule has 1 aliphatic carbocycles.